The number of nitrogens with zero attached hydrogens (tertiary/aromatic N) is 3. The van der Waals surface area contributed by atoms with Crippen LogP contribution in [0.3, 0.4) is 0 Å². The Morgan fingerprint density at radius 1 is 1.31 bits per heavy atom. The molecule has 1 atom stereocenters. The second-order valence-electron chi connectivity index (χ2n) is 6.25. The zero-order chi connectivity index (χ0) is 20.8. The van der Waals surface area contributed by atoms with E-state index >= 15 is 0 Å². The van der Waals surface area contributed by atoms with Crippen LogP contribution in [0.15, 0.2) is 36.7 Å². The number of anilines is 1. The maximum absolute atomic E-state index is 13.8. The molecule has 3 aromatic rings. The van der Waals surface area contributed by atoms with Gasteiger partial charge in [-0.3, -0.25) is 4.79 Å². The van der Waals surface area contributed by atoms with E-state index in [1.807, 2.05) is 13.8 Å². The summed E-state index contributed by atoms with van der Waals surface area (Å²) in [5.74, 6) is 0.487. The number of hydrogen-bond acceptors (Lipinski definition) is 6. The normalized spacial score (nSPS) is 16.1. The summed E-state index contributed by atoms with van der Waals surface area (Å²) >= 11 is 0. The number of amides is 1. The van der Waals surface area contributed by atoms with E-state index in [-0.39, 0.29) is 24.4 Å². The van der Waals surface area contributed by atoms with Crippen LogP contribution in [0.25, 0.3) is 5.65 Å². The molecular weight excluding hydrogens is 375 g/mol. The molecular formula is C20H25FN6O2. The Bertz CT molecular complexity index is 990. The Kier molecular flexibility index (Phi) is 6.61. The maximum Gasteiger partial charge on any atom is 0.256 e. The number of hydrogen-bond donors (Lipinski definition) is 3. The smallest absolute Gasteiger partial charge is 0.256 e. The third-order valence-electron chi connectivity index (χ3n) is 4.31. The Morgan fingerprint density at radius 2 is 2.14 bits per heavy atom. The fraction of sp³-hybridized carbons (Fsp3) is 0.350. The molecule has 2 aromatic heterocycles. The van der Waals surface area contributed by atoms with E-state index in [0.29, 0.717) is 41.4 Å². The molecule has 1 aliphatic rings. The van der Waals surface area contributed by atoms with Crippen LogP contribution in [0.4, 0.5) is 10.2 Å². The number of carbonyl (C=O) groups excluding carboxylic acids is 1. The summed E-state index contributed by atoms with van der Waals surface area (Å²) in [5.41, 5.74) is 1.49. The third-order valence-corrected chi connectivity index (χ3v) is 4.31. The van der Waals surface area contributed by atoms with Gasteiger partial charge in [0.05, 0.1) is 12.7 Å². The van der Waals surface area contributed by atoms with Crippen LogP contribution >= 0.6 is 0 Å². The van der Waals surface area contributed by atoms with Crippen molar-refractivity contribution < 1.29 is 13.9 Å². The number of ether oxygens (including phenoxy) is 1. The minimum absolute atomic E-state index is 0.279. The molecule has 154 valence electrons. The Labute approximate surface area is 168 Å². The fourth-order valence-corrected chi connectivity index (χ4v) is 2.98. The highest BCUT2D eigenvalue weighted by Crippen LogP contribution is 2.23. The van der Waals surface area contributed by atoms with Gasteiger partial charge in [-0.05, 0) is 31.3 Å². The lowest BCUT2D eigenvalue weighted by atomic mass is 10.2. The second kappa shape index (κ2) is 9.33. The summed E-state index contributed by atoms with van der Waals surface area (Å²) in [6, 6.07) is 6.13. The molecule has 3 heterocycles. The standard InChI is InChI=1S/C18H19FN6O2.C2H6/c1-20-8-13-9-22-18(26)14-10-23-25-5-4-16(24-17(14)25)21-7-11-6-12(19)2-3-15(11)27-13;1-2/h2-6,10,13,20H,7-9H2,1H3,(H,21,24)(H,22,26);1-2H3. The summed E-state index contributed by atoms with van der Waals surface area (Å²) in [5, 5.41) is 13.2. The lowest BCUT2D eigenvalue weighted by Crippen LogP contribution is -2.41. The molecule has 0 spiro atoms. The molecule has 0 fully saturated rings. The van der Waals surface area contributed by atoms with Crippen LogP contribution in [-0.4, -0.2) is 46.7 Å². The highest BCUT2D eigenvalue weighted by molar-refractivity contribution is 5.99. The van der Waals surface area contributed by atoms with Crippen molar-refractivity contribution >= 4 is 17.4 Å². The average Bonchev–Trinajstić information content (AvgIpc) is 3.16. The van der Waals surface area contributed by atoms with Crippen LogP contribution in [0.1, 0.15) is 29.8 Å². The van der Waals surface area contributed by atoms with Gasteiger partial charge in [0.15, 0.2) is 5.65 Å². The molecule has 2 bridgehead atoms. The van der Waals surface area contributed by atoms with Crippen molar-refractivity contribution in [1.82, 2.24) is 25.2 Å². The van der Waals surface area contributed by atoms with E-state index in [1.54, 1.807) is 25.4 Å². The van der Waals surface area contributed by atoms with E-state index in [9.17, 15) is 9.18 Å². The Hall–Kier alpha value is -3.20. The van der Waals surface area contributed by atoms with Gasteiger partial charge in [-0.15, -0.1) is 0 Å². The average molecular weight is 400 g/mol. The van der Waals surface area contributed by atoms with Crippen molar-refractivity contribution in [3.05, 3.63) is 53.6 Å². The molecule has 0 radical (unpaired) electrons. The van der Waals surface area contributed by atoms with Crippen LogP contribution in [-0.2, 0) is 6.54 Å². The van der Waals surface area contributed by atoms with Crippen molar-refractivity contribution in [2.45, 2.75) is 26.5 Å². The van der Waals surface area contributed by atoms with Crippen LogP contribution in [0.5, 0.6) is 5.75 Å². The number of carbonyl (C=O) groups is 1. The second-order valence-corrected chi connectivity index (χ2v) is 6.25. The number of likely N-dealkylation sites (N-methyl/N-ethyl adjacent to an activating group) is 1. The molecule has 1 aromatic carbocycles. The first-order chi connectivity index (χ1) is 14.1. The predicted molar refractivity (Wildman–Crippen MR) is 109 cm³/mol. The van der Waals surface area contributed by atoms with Crippen LogP contribution < -0.4 is 20.7 Å². The molecule has 29 heavy (non-hydrogen) atoms. The van der Waals surface area contributed by atoms with E-state index in [0.717, 1.165) is 0 Å². The highest BCUT2D eigenvalue weighted by atomic mass is 19.1. The van der Waals surface area contributed by atoms with Gasteiger partial charge < -0.3 is 20.7 Å². The molecule has 0 aliphatic carbocycles. The Balaban J connectivity index is 0.00000117. The third kappa shape index (κ3) is 4.62. The molecule has 0 saturated carbocycles. The van der Waals surface area contributed by atoms with Gasteiger partial charge in [-0.25, -0.2) is 13.9 Å². The molecule has 9 heteroatoms. The summed E-state index contributed by atoms with van der Waals surface area (Å²) in [7, 11) is 1.80. The molecule has 0 saturated heterocycles. The quantitative estimate of drug-likeness (QED) is 0.611. The number of nitrogens with one attached hydrogen (secondary N) is 3. The van der Waals surface area contributed by atoms with E-state index in [2.05, 4.69) is 26.0 Å². The summed E-state index contributed by atoms with van der Waals surface area (Å²) in [6.07, 6.45) is 2.87. The number of aromatic nitrogens is 3. The predicted octanol–water partition coefficient (Wildman–Crippen LogP) is 2.22. The summed E-state index contributed by atoms with van der Waals surface area (Å²) in [4.78, 5) is 17.1. The minimum atomic E-state index is -0.344. The van der Waals surface area contributed by atoms with Crippen molar-refractivity contribution in [3.63, 3.8) is 0 Å². The van der Waals surface area contributed by atoms with E-state index in [4.69, 9.17) is 4.74 Å². The van der Waals surface area contributed by atoms with Gasteiger partial charge in [0, 0.05) is 24.8 Å². The van der Waals surface area contributed by atoms with Crippen molar-refractivity contribution in [1.29, 1.82) is 0 Å². The molecule has 8 nitrogen and oxygen atoms in total. The van der Waals surface area contributed by atoms with Crippen LogP contribution in [0.2, 0.25) is 0 Å². The van der Waals surface area contributed by atoms with Crippen LogP contribution in [0, 0.1) is 5.82 Å². The first-order valence-corrected chi connectivity index (χ1v) is 9.60. The number of halogens is 1. The number of rotatable bonds is 2. The SMILES string of the molecule is CC.CNCC1CNC(=O)c2cnn3ccc(nc23)NCc2cc(F)ccc2O1. The van der Waals surface area contributed by atoms with Gasteiger partial charge in [0.1, 0.15) is 29.1 Å². The summed E-state index contributed by atoms with van der Waals surface area (Å²) < 4.78 is 21.3. The van der Waals surface area contributed by atoms with Crippen molar-refractivity contribution in [2.24, 2.45) is 0 Å². The largest absolute Gasteiger partial charge is 0.487 e. The van der Waals surface area contributed by atoms with Crippen molar-refractivity contribution in [2.75, 3.05) is 25.5 Å². The lowest BCUT2D eigenvalue weighted by Gasteiger charge is -2.21. The number of fused-ring (bicyclic) bond motifs is 2. The summed E-state index contributed by atoms with van der Waals surface area (Å²) in [6.45, 7) is 5.12. The highest BCUT2D eigenvalue weighted by Gasteiger charge is 2.19. The molecule has 1 unspecified atom stereocenters. The van der Waals surface area contributed by atoms with Gasteiger partial charge in [-0.1, -0.05) is 13.8 Å². The van der Waals surface area contributed by atoms with E-state index in [1.165, 1.54) is 22.8 Å². The molecule has 1 amide bonds. The van der Waals surface area contributed by atoms with E-state index < -0.39 is 0 Å². The molecule has 3 N–H and O–H groups in total. The molecule has 1 aliphatic heterocycles. The monoisotopic (exact) mass is 400 g/mol. The first-order valence-electron chi connectivity index (χ1n) is 9.60. The maximum atomic E-state index is 13.8. The zero-order valence-electron chi connectivity index (χ0n) is 16.7. The number of benzene rings is 1. The minimum Gasteiger partial charge on any atom is -0.487 e. The topological polar surface area (TPSA) is 92.6 Å². The first kappa shape index (κ1) is 20.5. The zero-order valence-corrected chi connectivity index (χ0v) is 16.7. The van der Waals surface area contributed by atoms with Gasteiger partial charge in [-0.2, -0.15) is 5.10 Å². The van der Waals surface area contributed by atoms with Crippen molar-refractivity contribution in [3.8, 4) is 5.75 Å². The molecule has 4 rings (SSSR count). The lowest BCUT2D eigenvalue weighted by molar-refractivity contribution is 0.0929. The van der Waals surface area contributed by atoms with Gasteiger partial charge in [0.2, 0.25) is 0 Å². The Morgan fingerprint density at radius 3 is 2.93 bits per heavy atom. The van der Waals surface area contributed by atoms with Gasteiger partial charge >= 0.3 is 0 Å². The van der Waals surface area contributed by atoms with Gasteiger partial charge in [0.25, 0.3) is 5.91 Å². The fourth-order valence-electron chi connectivity index (χ4n) is 2.98.